The van der Waals surface area contributed by atoms with E-state index in [4.69, 9.17) is 9.47 Å². The van der Waals surface area contributed by atoms with Crippen molar-refractivity contribution in [2.45, 2.75) is 40.7 Å². The number of esters is 1. The maximum Gasteiger partial charge on any atom is 0.338 e. The van der Waals surface area contributed by atoms with Gasteiger partial charge < -0.3 is 14.8 Å². The van der Waals surface area contributed by atoms with Crippen LogP contribution in [0.15, 0.2) is 24.3 Å². The van der Waals surface area contributed by atoms with Crippen LogP contribution in [0.3, 0.4) is 0 Å². The van der Waals surface area contributed by atoms with Crippen LogP contribution in [0.1, 0.15) is 45.0 Å². The summed E-state index contributed by atoms with van der Waals surface area (Å²) in [7, 11) is 0. The molecule has 1 atom stereocenters. The third-order valence-electron chi connectivity index (χ3n) is 3.40. The van der Waals surface area contributed by atoms with Crippen molar-refractivity contribution in [1.82, 2.24) is 5.32 Å². The predicted molar refractivity (Wildman–Crippen MR) is 89.5 cm³/mol. The number of nitrogens with one attached hydrogen (secondary N) is 1. The van der Waals surface area contributed by atoms with E-state index in [-0.39, 0.29) is 18.6 Å². The fraction of sp³-hybridized carbons (Fsp3) is 0.556. The van der Waals surface area contributed by atoms with E-state index < -0.39 is 5.97 Å². The Balaban J connectivity index is 2.44. The lowest BCUT2D eigenvalue weighted by Crippen LogP contribution is -2.38. The van der Waals surface area contributed by atoms with Crippen molar-refractivity contribution in [1.29, 1.82) is 0 Å². The monoisotopic (exact) mass is 321 g/mol. The fourth-order valence-corrected chi connectivity index (χ4v) is 1.63. The molecular weight excluding hydrogens is 294 g/mol. The van der Waals surface area contributed by atoms with Gasteiger partial charge in [-0.05, 0) is 43.0 Å². The molecule has 5 heteroatoms. The second-order valence-electron chi connectivity index (χ2n) is 6.41. The summed E-state index contributed by atoms with van der Waals surface area (Å²) in [6, 6.07) is 6.75. The van der Waals surface area contributed by atoms with Crippen LogP contribution in [0.4, 0.5) is 0 Å². The zero-order valence-electron chi connectivity index (χ0n) is 14.6. The molecule has 0 aliphatic heterocycles. The topological polar surface area (TPSA) is 64.6 Å². The van der Waals surface area contributed by atoms with Gasteiger partial charge in [-0.3, -0.25) is 4.79 Å². The number of rotatable bonds is 8. The average Bonchev–Trinajstić information content (AvgIpc) is 2.50. The number of ether oxygens (including phenoxy) is 2. The molecular formula is C18H27NO4. The molecule has 0 saturated heterocycles. The first-order chi connectivity index (χ1) is 10.8. The Labute approximate surface area is 138 Å². The Kier molecular flexibility index (Phi) is 7.59. The molecule has 23 heavy (non-hydrogen) atoms. The van der Waals surface area contributed by atoms with Gasteiger partial charge in [-0.1, -0.05) is 27.7 Å². The van der Waals surface area contributed by atoms with Crippen molar-refractivity contribution in [3.63, 3.8) is 0 Å². The van der Waals surface area contributed by atoms with E-state index in [9.17, 15) is 9.59 Å². The molecule has 1 rings (SSSR count). The highest BCUT2D eigenvalue weighted by molar-refractivity contribution is 5.91. The summed E-state index contributed by atoms with van der Waals surface area (Å²) in [6.45, 7) is 10.4. The molecule has 0 saturated carbocycles. The molecule has 0 spiro atoms. The summed E-state index contributed by atoms with van der Waals surface area (Å²) >= 11 is 0. The molecule has 0 bridgehead atoms. The van der Waals surface area contributed by atoms with Crippen LogP contribution in [0, 0.1) is 11.8 Å². The van der Waals surface area contributed by atoms with Gasteiger partial charge in [0.25, 0.3) is 5.91 Å². The van der Waals surface area contributed by atoms with Crippen molar-refractivity contribution in [2.24, 2.45) is 11.8 Å². The van der Waals surface area contributed by atoms with E-state index in [0.717, 1.165) is 0 Å². The molecule has 0 aromatic heterocycles. The van der Waals surface area contributed by atoms with Gasteiger partial charge in [-0.2, -0.15) is 0 Å². The minimum absolute atomic E-state index is 0.0404. The van der Waals surface area contributed by atoms with Gasteiger partial charge in [0.2, 0.25) is 0 Å². The molecule has 0 fully saturated rings. The van der Waals surface area contributed by atoms with Crippen molar-refractivity contribution in [2.75, 3.05) is 13.2 Å². The first-order valence-corrected chi connectivity index (χ1v) is 7.99. The number of carbonyl (C=O) groups is 2. The van der Waals surface area contributed by atoms with Gasteiger partial charge in [-0.25, -0.2) is 4.79 Å². The first kappa shape index (κ1) is 19.0. The van der Waals surface area contributed by atoms with Crippen LogP contribution in [0.5, 0.6) is 5.75 Å². The minimum Gasteiger partial charge on any atom is -0.493 e. The van der Waals surface area contributed by atoms with E-state index >= 15 is 0 Å². The Hall–Kier alpha value is -2.04. The van der Waals surface area contributed by atoms with Crippen LogP contribution >= 0.6 is 0 Å². The third kappa shape index (κ3) is 7.17. The zero-order chi connectivity index (χ0) is 17.4. The smallest absolute Gasteiger partial charge is 0.338 e. The van der Waals surface area contributed by atoms with Gasteiger partial charge in [-0.15, -0.1) is 0 Å². The first-order valence-electron chi connectivity index (χ1n) is 7.99. The van der Waals surface area contributed by atoms with Crippen LogP contribution in [0.25, 0.3) is 0 Å². The summed E-state index contributed by atoms with van der Waals surface area (Å²) in [5, 5.41) is 2.79. The summed E-state index contributed by atoms with van der Waals surface area (Å²) in [4.78, 5) is 23.6. The summed E-state index contributed by atoms with van der Waals surface area (Å²) in [6.07, 6.45) is 0. The van der Waals surface area contributed by atoms with Crippen molar-refractivity contribution in [3.8, 4) is 5.75 Å². The molecule has 0 aliphatic rings. The molecule has 0 aliphatic carbocycles. The molecule has 5 nitrogen and oxygen atoms in total. The minimum atomic E-state index is -0.521. The molecule has 128 valence electrons. The largest absolute Gasteiger partial charge is 0.493 e. The van der Waals surface area contributed by atoms with Crippen LogP contribution in [0.2, 0.25) is 0 Å². The number of hydrogen-bond donors (Lipinski definition) is 1. The highest BCUT2D eigenvalue weighted by Gasteiger charge is 2.14. The summed E-state index contributed by atoms with van der Waals surface area (Å²) in [5.74, 6) is 0.655. The fourth-order valence-electron chi connectivity index (χ4n) is 1.63. The van der Waals surface area contributed by atoms with Crippen molar-refractivity contribution in [3.05, 3.63) is 29.8 Å². The van der Waals surface area contributed by atoms with Crippen molar-refractivity contribution >= 4 is 11.9 Å². The Morgan fingerprint density at radius 3 is 2.17 bits per heavy atom. The Bertz CT molecular complexity index is 508. The lowest BCUT2D eigenvalue weighted by atomic mass is 10.1. The number of carbonyl (C=O) groups excluding carboxylic acids is 2. The maximum absolute atomic E-state index is 11.9. The Morgan fingerprint density at radius 2 is 1.65 bits per heavy atom. The van der Waals surface area contributed by atoms with E-state index in [2.05, 4.69) is 19.2 Å². The highest BCUT2D eigenvalue weighted by atomic mass is 16.5. The van der Waals surface area contributed by atoms with Gasteiger partial charge in [0, 0.05) is 6.04 Å². The summed E-state index contributed by atoms with van der Waals surface area (Å²) in [5.41, 5.74) is 0.395. The lowest BCUT2D eigenvalue weighted by molar-refractivity contribution is -0.125. The van der Waals surface area contributed by atoms with Gasteiger partial charge in [0.1, 0.15) is 5.75 Å². The van der Waals surface area contributed by atoms with Crippen LogP contribution in [-0.2, 0) is 9.53 Å². The number of amides is 1. The molecule has 0 unspecified atom stereocenters. The maximum atomic E-state index is 11.9. The normalized spacial score (nSPS) is 12.1. The van der Waals surface area contributed by atoms with E-state index in [0.29, 0.717) is 29.8 Å². The summed E-state index contributed by atoms with van der Waals surface area (Å²) < 4.78 is 10.6. The second-order valence-corrected chi connectivity index (χ2v) is 6.41. The standard InChI is InChI=1S/C18H27NO4/c1-12(2)10-22-16-8-6-15(7-9-16)18(21)23-11-17(20)19-14(5)13(3)4/h6-9,12-14H,10-11H2,1-5H3,(H,19,20)/t14-/m1/s1. The Morgan fingerprint density at radius 1 is 1.04 bits per heavy atom. The van der Waals surface area contributed by atoms with Crippen molar-refractivity contribution < 1.29 is 19.1 Å². The second kappa shape index (κ2) is 9.18. The lowest BCUT2D eigenvalue weighted by Gasteiger charge is -2.17. The van der Waals surface area contributed by atoms with E-state index in [1.807, 2.05) is 20.8 Å². The van der Waals surface area contributed by atoms with Crippen LogP contribution in [-0.4, -0.2) is 31.1 Å². The van der Waals surface area contributed by atoms with Crippen LogP contribution < -0.4 is 10.1 Å². The molecule has 0 heterocycles. The molecule has 0 radical (unpaired) electrons. The SMILES string of the molecule is CC(C)COc1ccc(C(=O)OCC(=O)N[C@H](C)C(C)C)cc1. The molecule has 1 aromatic rings. The van der Waals surface area contributed by atoms with Gasteiger partial charge in [0.15, 0.2) is 6.61 Å². The van der Waals surface area contributed by atoms with Gasteiger partial charge >= 0.3 is 5.97 Å². The highest BCUT2D eigenvalue weighted by Crippen LogP contribution is 2.14. The third-order valence-corrected chi connectivity index (χ3v) is 3.40. The van der Waals surface area contributed by atoms with E-state index in [1.165, 1.54) is 0 Å². The number of hydrogen-bond acceptors (Lipinski definition) is 4. The quantitative estimate of drug-likeness (QED) is 0.748. The van der Waals surface area contributed by atoms with E-state index in [1.54, 1.807) is 24.3 Å². The zero-order valence-corrected chi connectivity index (χ0v) is 14.6. The van der Waals surface area contributed by atoms with Gasteiger partial charge in [0.05, 0.1) is 12.2 Å². The molecule has 1 amide bonds. The average molecular weight is 321 g/mol. The molecule has 1 aromatic carbocycles. The predicted octanol–water partition coefficient (Wildman–Crippen LogP) is 3.04. The number of benzene rings is 1. The molecule has 1 N–H and O–H groups in total.